The van der Waals surface area contributed by atoms with Crippen LogP contribution in [0.4, 0.5) is 0 Å². The summed E-state index contributed by atoms with van der Waals surface area (Å²) in [6.45, 7) is 1.87. The zero-order chi connectivity index (χ0) is 11.9. The highest BCUT2D eigenvalue weighted by Crippen LogP contribution is 2.24. The molecule has 2 heteroatoms. The second-order valence-electron chi connectivity index (χ2n) is 4.98. The fourth-order valence-corrected chi connectivity index (χ4v) is 2.65. The minimum Gasteiger partial charge on any atom is -0.383 e. The lowest BCUT2D eigenvalue weighted by molar-refractivity contribution is 0.164. The first-order valence-electron chi connectivity index (χ1n) is 6.67. The highest BCUT2D eigenvalue weighted by Gasteiger charge is 2.17. The van der Waals surface area contributed by atoms with E-state index in [4.69, 9.17) is 4.74 Å². The molecule has 0 saturated heterocycles. The third-order valence-corrected chi connectivity index (χ3v) is 3.66. The normalized spacial score (nSPS) is 18.4. The van der Waals surface area contributed by atoms with E-state index in [0.717, 1.165) is 19.1 Å². The van der Waals surface area contributed by atoms with Gasteiger partial charge in [-0.25, -0.2) is 0 Å². The molecule has 2 nitrogen and oxygen atoms in total. The van der Waals surface area contributed by atoms with E-state index in [2.05, 4.69) is 35.6 Å². The summed E-state index contributed by atoms with van der Waals surface area (Å²) in [5.41, 5.74) is 1.33. The molecule has 94 valence electrons. The first-order valence-corrected chi connectivity index (χ1v) is 6.67. The van der Waals surface area contributed by atoms with Crippen LogP contribution >= 0.6 is 0 Å². The van der Waals surface area contributed by atoms with E-state index < -0.39 is 0 Å². The molecule has 0 heterocycles. The zero-order valence-electron chi connectivity index (χ0n) is 10.7. The van der Waals surface area contributed by atoms with Crippen LogP contribution in [0.2, 0.25) is 0 Å². The van der Waals surface area contributed by atoms with Gasteiger partial charge in [-0.15, -0.1) is 0 Å². The summed E-state index contributed by atoms with van der Waals surface area (Å²) in [6.07, 6.45) is 5.60. The van der Waals surface area contributed by atoms with E-state index in [0.29, 0.717) is 6.04 Å². The van der Waals surface area contributed by atoms with Gasteiger partial charge < -0.3 is 10.1 Å². The number of benzene rings is 1. The Morgan fingerprint density at radius 2 is 1.94 bits per heavy atom. The Hall–Kier alpha value is -0.860. The average Bonchev–Trinajstić information content (AvgIpc) is 2.88. The van der Waals surface area contributed by atoms with Gasteiger partial charge >= 0.3 is 0 Å². The molecule has 2 rings (SSSR count). The summed E-state index contributed by atoms with van der Waals surface area (Å²) >= 11 is 0. The van der Waals surface area contributed by atoms with Gasteiger partial charge in [0.25, 0.3) is 0 Å². The Morgan fingerprint density at radius 3 is 2.59 bits per heavy atom. The van der Waals surface area contributed by atoms with E-state index in [9.17, 15) is 0 Å². The minimum atomic E-state index is 0.335. The Bertz CT molecular complexity index is 306. The van der Waals surface area contributed by atoms with Gasteiger partial charge in [0, 0.05) is 7.11 Å². The van der Waals surface area contributed by atoms with Crippen molar-refractivity contribution in [3.63, 3.8) is 0 Å². The SMILES string of the molecule is COCC(NCC1CCCC1)c1ccccc1. The first kappa shape index (κ1) is 12.6. The zero-order valence-corrected chi connectivity index (χ0v) is 10.7. The quantitative estimate of drug-likeness (QED) is 0.815. The number of methoxy groups -OCH3 is 1. The van der Waals surface area contributed by atoms with Crippen molar-refractivity contribution in [2.24, 2.45) is 5.92 Å². The van der Waals surface area contributed by atoms with E-state index in [1.807, 2.05) is 0 Å². The second kappa shape index (κ2) is 6.77. The number of ether oxygens (including phenoxy) is 1. The molecule has 1 aliphatic carbocycles. The lowest BCUT2D eigenvalue weighted by Gasteiger charge is -2.20. The van der Waals surface area contributed by atoms with Gasteiger partial charge in [-0.1, -0.05) is 43.2 Å². The van der Waals surface area contributed by atoms with Crippen molar-refractivity contribution < 1.29 is 4.74 Å². The van der Waals surface area contributed by atoms with Crippen LogP contribution in [0.3, 0.4) is 0 Å². The van der Waals surface area contributed by atoms with Gasteiger partial charge in [-0.2, -0.15) is 0 Å². The van der Waals surface area contributed by atoms with E-state index in [1.165, 1.54) is 31.2 Å². The Kier molecular flexibility index (Phi) is 5.02. The molecule has 17 heavy (non-hydrogen) atoms. The Labute approximate surface area is 104 Å². The van der Waals surface area contributed by atoms with Gasteiger partial charge in [0.1, 0.15) is 0 Å². The lowest BCUT2D eigenvalue weighted by atomic mass is 10.0. The van der Waals surface area contributed by atoms with Gasteiger partial charge in [0.15, 0.2) is 0 Å². The number of hydrogen-bond donors (Lipinski definition) is 1. The highest BCUT2D eigenvalue weighted by molar-refractivity contribution is 5.18. The van der Waals surface area contributed by atoms with Crippen LogP contribution in [-0.2, 0) is 4.74 Å². The number of rotatable bonds is 6. The van der Waals surface area contributed by atoms with Gasteiger partial charge in [0.05, 0.1) is 12.6 Å². The van der Waals surface area contributed by atoms with Crippen molar-refractivity contribution in [2.45, 2.75) is 31.7 Å². The summed E-state index contributed by atoms with van der Waals surface area (Å²) in [5, 5.41) is 3.65. The molecule has 1 aromatic rings. The molecule has 1 fully saturated rings. The molecule has 1 atom stereocenters. The van der Waals surface area contributed by atoms with Crippen LogP contribution in [-0.4, -0.2) is 20.3 Å². The van der Waals surface area contributed by atoms with Crippen molar-refractivity contribution in [3.8, 4) is 0 Å². The molecule has 1 saturated carbocycles. The second-order valence-corrected chi connectivity index (χ2v) is 4.98. The lowest BCUT2D eigenvalue weighted by Crippen LogP contribution is -2.29. The third kappa shape index (κ3) is 3.83. The summed E-state index contributed by atoms with van der Waals surface area (Å²) in [5.74, 6) is 0.873. The summed E-state index contributed by atoms with van der Waals surface area (Å²) in [6, 6.07) is 10.9. The molecule has 0 aliphatic heterocycles. The molecule has 0 spiro atoms. The molecule has 1 N–H and O–H groups in total. The molecular formula is C15H23NO. The van der Waals surface area contributed by atoms with Crippen molar-refractivity contribution in [1.29, 1.82) is 0 Å². The molecule has 0 radical (unpaired) electrons. The summed E-state index contributed by atoms with van der Waals surface area (Å²) in [7, 11) is 1.77. The van der Waals surface area contributed by atoms with Gasteiger partial charge in [-0.3, -0.25) is 0 Å². The van der Waals surface area contributed by atoms with Gasteiger partial charge in [0.2, 0.25) is 0 Å². The first-order chi connectivity index (χ1) is 8.40. The number of hydrogen-bond acceptors (Lipinski definition) is 2. The van der Waals surface area contributed by atoms with Crippen LogP contribution in [0.1, 0.15) is 37.3 Å². The summed E-state index contributed by atoms with van der Waals surface area (Å²) in [4.78, 5) is 0. The minimum absolute atomic E-state index is 0.335. The molecule has 0 aromatic heterocycles. The van der Waals surface area contributed by atoms with Crippen molar-refractivity contribution in [1.82, 2.24) is 5.32 Å². The maximum atomic E-state index is 5.31. The maximum Gasteiger partial charge on any atom is 0.0657 e. The largest absolute Gasteiger partial charge is 0.383 e. The van der Waals surface area contributed by atoms with Gasteiger partial charge in [-0.05, 0) is 30.9 Å². The van der Waals surface area contributed by atoms with Crippen LogP contribution in [0, 0.1) is 5.92 Å². The third-order valence-electron chi connectivity index (χ3n) is 3.66. The number of nitrogens with one attached hydrogen (secondary N) is 1. The average molecular weight is 233 g/mol. The van der Waals surface area contributed by atoms with Crippen LogP contribution in [0.15, 0.2) is 30.3 Å². The molecular weight excluding hydrogens is 210 g/mol. The van der Waals surface area contributed by atoms with E-state index >= 15 is 0 Å². The standard InChI is InChI=1S/C15H23NO/c1-17-12-15(14-9-3-2-4-10-14)16-11-13-7-5-6-8-13/h2-4,9-10,13,15-16H,5-8,11-12H2,1H3. The molecule has 0 amide bonds. The smallest absolute Gasteiger partial charge is 0.0657 e. The summed E-state index contributed by atoms with van der Waals surface area (Å²) < 4.78 is 5.31. The highest BCUT2D eigenvalue weighted by atomic mass is 16.5. The van der Waals surface area contributed by atoms with E-state index in [-0.39, 0.29) is 0 Å². The van der Waals surface area contributed by atoms with E-state index in [1.54, 1.807) is 7.11 Å². The van der Waals surface area contributed by atoms with Crippen molar-refractivity contribution in [2.75, 3.05) is 20.3 Å². The maximum absolute atomic E-state index is 5.31. The van der Waals surface area contributed by atoms with Crippen LogP contribution in [0.25, 0.3) is 0 Å². The van der Waals surface area contributed by atoms with Crippen LogP contribution in [0.5, 0.6) is 0 Å². The Morgan fingerprint density at radius 1 is 1.24 bits per heavy atom. The van der Waals surface area contributed by atoms with Crippen molar-refractivity contribution >= 4 is 0 Å². The fraction of sp³-hybridized carbons (Fsp3) is 0.600. The Balaban J connectivity index is 1.88. The molecule has 0 bridgehead atoms. The monoisotopic (exact) mass is 233 g/mol. The predicted molar refractivity (Wildman–Crippen MR) is 71.0 cm³/mol. The fourth-order valence-electron chi connectivity index (χ4n) is 2.65. The molecule has 1 unspecified atom stereocenters. The van der Waals surface area contributed by atoms with Crippen molar-refractivity contribution in [3.05, 3.63) is 35.9 Å². The predicted octanol–water partition coefficient (Wildman–Crippen LogP) is 3.15. The topological polar surface area (TPSA) is 21.3 Å². The van der Waals surface area contributed by atoms with Crippen LogP contribution < -0.4 is 5.32 Å². The molecule has 1 aliphatic rings. The molecule has 1 aromatic carbocycles.